The van der Waals surface area contributed by atoms with E-state index in [2.05, 4.69) is 4.98 Å². The summed E-state index contributed by atoms with van der Waals surface area (Å²) in [6.07, 6.45) is 4.33. The zero-order valence-corrected chi connectivity index (χ0v) is 21.0. The van der Waals surface area contributed by atoms with Gasteiger partial charge in [0.15, 0.2) is 0 Å². The van der Waals surface area contributed by atoms with Crippen LogP contribution >= 0.6 is 0 Å². The van der Waals surface area contributed by atoms with Gasteiger partial charge in [0.1, 0.15) is 11.6 Å². The zero-order valence-electron chi connectivity index (χ0n) is 21.0. The fourth-order valence-corrected chi connectivity index (χ4v) is 6.30. The van der Waals surface area contributed by atoms with Gasteiger partial charge in [0.05, 0.1) is 19.8 Å². The summed E-state index contributed by atoms with van der Waals surface area (Å²) in [5.74, 6) is 0.691. The van der Waals surface area contributed by atoms with Gasteiger partial charge in [0, 0.05) is 59.7 Å². The maximum Gasteiger partial charge on any atom is 0.254 e. The maximum atomic E-state index is 14.0. The zero-order chi connectivity index (χ0) is 25.7. The lowest BCUT2D eigenvalue weighted by Gasteiger charge is -2.50. The number of amides is 2. The van der Waals surface area contributed by atoms with Crippen molar-refractivity contribution in [1.82, 2.24) is 14.8 Å². The summed E-state index contributed by atoms with van der Waals surface area (Å²) in [5, 5.41) is 11.6. The molecule has 2 aromatic carbocycles. The lowest BCUT2D eigenvalue weighted by atomic mass is 9.68. The molecule has 1 aliphatic carbocycles. The molecule has 2 N–H and O–H groups in total. The summed E-state index contributed by atoms with van der Waals surface area (Å²) >= 11 is 0. The highest BCUT2D eigenvalue weighted by Crippen LogP contribution is 2.49. The van der Waals surface area contributed by atoms with Crippen LogP contribution in [0.3, 0.4) is 0 Å². The van der Waals surface area contributed by atoms with Crippen LogP contribution in [0.5, 0.6) is 5.75 Å². The third-order valence-corrected chi connectivity index (χ3v) is 8.49. The molecule has 194 valence electrons. The standard InChI is InChI=1S/C29H32FN3O4/c1-37-21-7-8-22-23(15-21)31-27-24(16-34)33(28(36)19-3-2-4-20(30)14-19)17-29(26(22)27)9-11-32(12-10-29)25(35)13-18-5-6-18/h2-4,7-8,14-15,18,24,31,34H,5-6,9-13,16-17H2,1H3/t24-/m0/s1. The third kappa shape index (κ3) is 4.17. The summed E-state index contributed by atoms with van der Waals surface area (Å²) in [5.41, 5.74) is 2.66. The van der Waals surface area contributed by atoms with Gasteiger partial charge in [-0.25, -0.2) is 4.39 Å². The molecule has 8 heteroatoms. The monoisotopic (exact) mass is 505 g/mol. The number of rotatable bonds is 5. The van der Waals surface area contributed by atoms with Gasteiger partial charge in [-0.2, -0.15) is 0 Å². The van der Waals surface area contributed by atoms with Gasteiger partial charge >= 0.3 is 0 Å². The Hall–Kier alpha value is -3.39. The van der Waals surface area contributed by atoms with Gasteiger partial charge in [0.2, 0.25) is 5.91 Å². The molecule has 2 aliphatic heterocycles. The lowest BCUT2D eigenvalue weighted by Crippen LogP contribution is -2.55. The Kier molecular flexibility index (Phi) is 5.94. The number of aliphatic hydroxyl groups is 1. The first-order chi connectivity index (χ1) is 17.9. The SMILES string of the molecule is COc1ccc2c3c([nH]c2c1)[C@H](CO)N(C(=O)c1cccc(F)c1)CC31CCN(C(=O)CC2CC2)CC1. The number of aliphatic hydroxyl groups excluding tert-OH is 1. The number of methoxy groups -OCH3 is 1. The minimum atomic E-state index is -0.593. The predicted molar refractivity (Wildman–Crippen MR) is 137 cm³/mol. The molecule has 1 saturated heterocycles. The van der Waals surface area contributed by atoms with Gasteiger partial charge in [-0.1, -0.05) is 6.07 Å². The van der Waals surface area contributed by atoms with Gasteiger partial charge in [-0.3, -0.25) is 9.59 Å². The van der Waals surface area contributed by atoms with E-state index in [4.69, 9.17) is 4.74 Å². The van der Waals surface area contributed by atoms with E-state index in [-0.39, 0.29) is 24.0 Å². The molecule has 1 atom stereocenters. The average Bonchev–Trinajstić information content (AvgIpc) is 3.64. The van der Waals surface area contributed by atoms with Crippen molar-refractivity contribution in [2.75, 3.05) is 33.4 Å². The number of H-pyrrole nitrogens is 1. The number of piperidine rings is 1. The molecule has 37 heavy (non-hydrogen) atoms. The van der Waals surface area contributed by atoms with Crippen molar-refractivity contribution >= 4 is 22.7 Å². The van der Waals surface area contributed by atoms with E-state index in [1.165, 1.54) is 18.2 Å². The molecule has 3 aliphatic rings. The van der Waals surface area contributed by atoms with Crippen LogP contribution in [0.15, 0.2) is 42.5 Å². The highest BCUT2D eigenvalue weighted by molar-refractivity contribution is 5.96. The van der Waals surface area contributed by atoms with Gasteiger partial charge < -0.3 is 24.6 Å². The fraction of sp³-hybridized carbons (Fsp3) is 0.448. The number of carbonyl (C=O) groups excluding carboxylic acids is 2. The Morgan fingerprint density at radius 2 is 1.95 bits per heavy atom. The Morgan fingerprint density at radius 1 is 1.16 bits per heavy atom. The number of nitrogens with zero attached hydrogens (tertiary/aromatic N) is 2. The number of carbonyl (C=O) groups is 2. The molecule has 1 saturated carbocycles. The molecule has 0 unspecified atom stereocenters. The van der Waals surface area contributed by atoms with Crippen LogP contribution in [0, 0.1) is 11.7 Å². The van der Waals surface area contributed by atoms with E-state index < -0.39 is 17.3 Å². The molecule has 7 nitrogen and oxygen atoms in total. The van der Waals surface area contributed by atoms with Crippen LogP contribution in [0.25, 0.3) is 10.9 Å². The molecule has 0 bridgehead atoms. The third-order valence-electron chi connectivity index (χ3n) is 8.49. The van der Waals surface area contributed by atoms with Crippen molar-refractivity contribution in [3.8, 4) is 5.75 Å². The van der Waals surface area contributed by atoms with Crippen molar-refractivity contribution in [1.29, 1.82) is 0 Å². The van der Waals surface area contributed by atoms with Crippen molar-refractivity contribution < 1.29 is 23.8 Å². The minimum absolute atomic E-state index is 0.220. The summed E-state index contributed by atoms with van der Waals surface area (Å²) in [6, 6.07) is 11.0. The second-order valence-electron chi connectivity index (χ2n) is 10.8. The smallest absolute Gasteiger partial charge is 0.254 e. The van der Waals surface area contributed by atoms with E-state index in [9.17, 15) is 19.1 Å². The number of hydrogen-bond acceptors (Lipinski definition) is 4. The number of nitrogens with one attached hydrogen (secondary N) is 1. The van der Waals surface area contributed by atoms with Crippen LogP contribution in [0.2, 0.25) is 0 Å². The Bertz CT molecular complexity index is 1360. The molecular weight excluding hydrogens is 473 g/mol. The van der Waals surface area contributed by atoms with Crippen molar-refractivity contribution in [2.45, 2.75) is 43.6 Å². The van der Waals surface area contributed by atoms with Crippen LogP contribution in [0.4, 0.5) is 4.39 Å². The first-order valence-electron chi connectivity index (χ1n) is 13.1. The van der Waals surface area contributed by atoms with Crippen LogP contribution in [-0.4, -0.2) is 65.1 Å². The lowest BCUT2D eigenvalue weighted by molar-refractivity contribution is -0.133. The number of likely N-dealkylation sites (tertiary alicyclic amines) is 1. The Morgan fingerprint density at radius 3 is 2.62 bits per heavy atom. The second-order valence-corrected chi connectivity index (χ2v) is 10.8. The molecule has 6 rings (SSSR count). The minimum Gasteiger partial charge on any atom is -0.497 e. The first kappa shape index (κ1) is 24.0. The van der Waals surface area contributed by atoms with E-state index in [0.29, 0.717) is 50.6 Å². The summed E-state index contributed by atoms with van der Waals surface area (Å²) < 4.78 is 19.4. The molecule has 0 radical (unpaired) electrons. The second kappa shape index (κ2) is 9.17. The topological polar surface area (TPSA) is 85.9 Å². The van der Waals surface area contributed by atoms with Crippen LogP contribution < -0.4 is 4.74 Å². The van der Waals surface area contributed by atoms with Crippen molar-refractivity contribution in [3.05, 3.63) is 65.1 Å². The number of aromatic nitrogens is 1. The van der Waals surface area contributed by atoms with Crippen molar-refractivity contribution in [2.24, 2.45) is 5.92 Å². The molecule has 1 aromatic heterocycles. The number of halogens is 1. The van der Waals surface area contributed by atoms with Gasteiger partial charge in [0.25, 0.3) is 5.91 Å². The van der Waals surface area contributed by atoms with E-state index in [1.807, 2.05) is 23.1 Å². The van der Waals surface area contributed by atoms with Gasteiger partial charge in [-0.05, 0) is 67.5 Å². The number of hydrogen-bond donors (Lipinski definition) is 2. The molecule has 3 heterocycles. The number of aromatic amines is 1. The molecule has 3 aromatic rings. The molecular formula is C29H32FN3O4. The van der Waals surface area contributed by atoms with E-state index >= 15 is 0 Å². The molecule has 2 amide bonds. The highest BCUT2D eigenvalue weighted by Gasteiger charge is 2.49. The Labute approximate surface area is 215 Å². The van der Waals surface area contributed by atoms with Crippen LogP contribution in [-0.2, 0) is 10.2 Å². The molecule has 1 spiro atoms. The van der Waals surface area contributed by atoms with E-state index in [1.54, 1.807) is 18.1 Å². The number of fused-ring (bicyclic) bond motifs is 4. The Balaban J connectivity index is 1.42. The largest absolute Gasteiger partial charge is 0.497 e. The normalized spacial score (nSPS) is 20.8. The first-order valence-corrected chi connectivity index (χ1v) is 13.1. The maximum absolute atomic E-state index is 14.0. The summed E-state index contributed by atoms with van der Waals surface area (Å²) in [7, 11) is 1.62. The number of benzene rings is 2. The van der Waals surface area contributed by atoms with Crippen molar-refractivity contribution in [3.63, 3.8) is 0 Å². The predicted octanol–water partition coefficient (Wildman–Crippen LogP) is 4.17. The quantitative estimate of drug-likeness (QED) is 0.545. The summed E-state index contributed by atoms with van der Waals surface area (Å²) in [4.78, 5) is 33.7. The highest BCUT2D eigenvalue weighted by atomic mass is 19.1. The fourth-order valence-electron chi connectivity index (χ4n) is 6.30. The van der Waals surface area contributed by atoms with E-state index in [0.717, 1.165) is 35.0 Å². The summed E-state index contributed by atoms with van der Waals surface area (Å²) in [6.45, 7) is 1.38. The van der Waals surface area contributed by atoms with Gasteiger partial charge in [-0.15, -0.1) is 0 Å². The van der Waals surface area contributed by atoms with Crippen LogP contribution in [0.1, 0.15) is 59.8 Å². The number of ether oxygens (including phenoxy) is 1. The molecule has 2 fully saturated rings. The average molecular weight is 506 g/mol.